The predicted molar refractivity (Wildman–Crippen MR) is 80.0 cm³/mol. The summed E-state index contributed by atoms with van der Waals surface area (Å²) in [7, 11) is 0. The van der Waals surface area contributed by atoms with Gasteiger partial charge >= 0.3 is 0 Å². The zero-order valence-electron chi connectivity index (χ0n) is 11.9. The fraction of sp³-hybridized carbons (Fsp3) is 0.133. The van der Waals surface area contributed by atoms with Gasteiger partial charge < -0.3 is 0 Å². The maximum absolute atomic E-state index is 13.5. The molecule has 0 aliphatic rings. The van der Waals surface area contributed by atoms with Crippen LogP contribution in [0, 0.1) is 28.7 Å². The first kappa shape index (κ1) is 15.6. The lowest BCUT2D eigenvalue weighted by molar-refractivity contribution is -0.385. The van der Waals surface area contributed by atoms with Gasteiger partial charge in [-0.1, -0.05) is 12.1 Å². The van der Waals surface area contributed by atoms with Crippen molar-refractivity contribution in [2.75, 3.05) is 5.43 Å². The number of nitrogens with one attached hydrogen (secondary N) is 1. The van der Waals surface area contributed by atoms with Gasteiger partial charge in [0.2, 0.25) is 0 Å². The number of aryl methyl sites for hydroxylation is 1. The Balaban J connectivity index is 2.25. The van der Waals surface area contributed by atoms with E-state index in [1.165, 1.54) is 12.1 Å². The van der Waals surface area contributed by atoms with Crippen molar-refractivity contribution in [2.45, 2.75) is 13.8 Å². The Morgan fingerprint density at radius 3 is 2.59 bits per heavy atom. The van der Waals surface area contributed by atoms with E-state index in [4.69, 9.17) is 0 Å². The highest BCUT2D eigenvalue weighted by Gasteiger charge is 2.12. The molecule has 2 aromatic carbocycles. The fourth-order valence-electron chi connectivity index (χ4n) is 1.82. The summed E-state index contributed by atoms with van der Waals surface area (Å²) in [5, 5.41) is 14.9. The van der Waals surface area contributed by atoms with Crippen molar-refractivity contribution in [1.29, 1.82) is 0 Å². The van der Waals surface area contributed by atoms with Crippen LogP contribution in [0.25, 0.3) is 0 Å². The van der Waals surface area contributed by atoms with Gasteiger partial charge in [-0.05, 0) is 26.0 Å². The lowest BCUT2D eigenvalue weighted by Crippen LogP contribution is -2.02. The molecule has 7 heteroatoms. The normalized spacial score (nSPS) is 11.4. The Morgan fingerprint density at radius 1 is 1.23 bits per heavy atom. The predicted octanol–water partition coefficient (Wildman–Crippen LogP) is 4.02. The number of nitrogens with zero attached hydrogens (tertiary/aromatic N) is 2. The molecule has 0 fully saturated rings. The summed E-state index contributed by atoms with van der Waals surface area (Å²) in [6, 6.07) is 7.77. The minimum absolute atomic E-state index is 0.0139. The van der Waals surface area contributed by atoms with Crippen LogP contribution in [0.4, 0.5) is 20.2 Å². The van der Waals surface area contributed by atoms with Gasteiger partial charge in [-0.15, -0.1) is 0 Å². The monoisotopic (exact) mass is 305 g/mol. The Morgan fingerprint density at radius 2 is 1.95 bits per heavy atom. The van der Waals surface area contributed by atoms with E-state index in [1.807, 2.05) is 0 Å². The molecule has 0 saturated heterocycles. The van der Waals surface area contributed by atoms with Gasteiger partial charge in [-0.2, -0.15) is 5.10 Å². The van der Waals surface area contributed by atoms with E-state index < -0.39 is 16.6 Å². The molecule has 0 amide bonds. The van der Waals surface area contributed by atoms with Crippen molar-refractivity contribution in [3.8, 4) is 0 Å². The summed E-state index contributed by atoms with van der Waals surface area (Å²) < 4.78 is 26.3. The Kier molecular flexibility index (Phi) is 4.45. The molecule has 2 aromatic rings. The number of nitro benzene ring substituents is 1. The summed E-state index contributed by atoms with van der Waals surface area (Å²) >= 11 is 0. The second kappa shape index (κ2) is 6.30. The van der Waals surface area contributed by atoms with Crippen molar-refractivity contribution in [3.63, 3.8) is 0 Å². The molecule has 0 radical (unpaired) electrons. The number of halogens is 2. The van der Waals surface area contributed by atoms with Crippen LogP contribution in [0.15, 0.2) is 41.5 Å². The molecule has 0 spiro atoms. The molecule has 2 rings (SSSR count). The van der Waals surface area contributed by atoms with E-state index in [-0.39, 0.29) is 11.4 Å². The average Bonchev–Trinajstić information content (AvgIpc) is 2.46. The van der Waals surface area contributed by atoms with Crippen LogP contribution in [-0.2, 0) is 0 Å². The van der Waals surface area contributed by atoms with Gasteiger partial charge in [0.05, 0.1) is 16.3 Å². The molecule has 0 aromatic heterocycles. The molecule has 22 heavy (non-hydrogen) atoms. The molecule has 0 aliphatic heterocycles. The fourth-order valence-corrected chi connectivity index (χ4v) is 1.82. The first-order valence-electron chi connectivity index (χ1n) is 6.39. The lowest BCUT2D eigenvalue weighted by Gasteiger charge is -2.06. The Labute approximate surface area is 125 Å². The SMILES string of the molecule is C/C(=N/Nc1ccc(F)cc1F)c1ccc(C)c([N+](=O)[O-])c1. The molecule has 5 nitrogen and oxygen atoms in total. The third-order valence-electron chi connectivity index (χ3n) is 3.10. The number of rotatable bonds is 4. The highest BCUT2D eigenvalue weighted by atomic mass is 19.1. The van der Waals surface area contributed by atoms with Gasteiger partial charge in [0.25, 0.3) is 5.69 Å². The molecule has 0 saturated carbocycles. The molecule has 114 valence electrons. The average molecular weight is 305 g/mol. The number of hydrazone groups is 1. The maximum Gasteiger partial charge on any atom is 0.272 e. The van der Waals surface area contributed by atoms with Crippen LogP contribution in [0.5, 0.6) is 0 Å². The van der Waals surface area contributed by atoms with Crippen molar-refractivity contribution < 1.29 is 13.7 Å². The topological polar surface area (TPSA) is 67.5 Å². The number of nitro groups is 1. The van der Waals surface area contributed by atoms with Crippen LogP contribution in [0.1, 0.15) is 18.1 Å². The van der Waals surface area contributed by atoms with Crippen molar-refractivity contribution >= 4 is 17.1 Å². The smallest absolute Gasteiger partial charge is 0.272 e. The molecular weight excluding hydrogens is 292 g/mol. The summed E-state index contributed by atoms with van der Waals surface area (Å²) in [5.41, 5.74) is 3.99. The quantitative estimate of drug-likeness (QED) is 0.527. The lowest BCUT2D eigenvalue weighted by atomic mass is 10.1. The second-order valence-corrected chi connectivity index (χ2v) is 4.69. The second-order valence-electron chi connectivity index (χ2n) is 4.69. The minimum Gasteiger partial charge on any atom is -0.275 e. The Hall–Kier alpha value is -2.83. The number of hydrogen-bond acceptors (Lipinski definition) is 4. The van der Waals surface area contributed by atoms with Gasteiger partial charge in [0.15, 0.2) is 5.82 Å². The van der Waals surface area contributed by atoms with Crippen LogP contribution in [0.2, 0.25) is 0 Å². The van der Waals surface area contributed by atoms with Gasteiger partial charge in [-0.25, -0.2) is 8.78 Å². The first-order valence-corrected chi connectivity index (χ1v) is 6.39. The van der Waals surface area contributed by atoms with Crippen molar-refractivity contribution in [2.24, 2.45) is 5.10 Å². The summed E-state index contributed by atoms with van der Waals surface area (Å²) in [4.78, 5) is 10.4. The summed E-state index contributed by atoms with van der Waals surface area (Å²) in [6.07, 6.45) is 0. The summed E-state index contributed by atoms with van der Waals surface area (Å²) in [6.45, 7) is 3.27. The zero-order valence-corrected chi connectivity index (χ0v) is 11.9. The van der Waals surface area contributed by atoms with Crippen molar-refractivity contribution in [3.05, 3.63) is 69.3 Å². The highest BCUT2D eigenvalue weighted by Crippen LogP contribution is 2.20. The van der Waals surface area contributed by atoms with Gasteiger partial charge in [-0.3, -0.25) is 15.5 Å². The number of anilines is 1. The first-order chi connectivity index (χ1) is 10.4. The highest BCUT2D eigenvalue weighted by molar-refractivity contribution is 5.99. The van der Waals surface area contributed by atoms with Crippen LogP contribution < -0.4 is 5.43 Å². The van der Waals surface area contributed by atoms with E-state index in [0.29, 0.717) is 16.8 Å². The van der Waals surface area contributed by atoms with E-state index in [0.717, 1.165) is 12.1 Å². The molecule has 1 N–H and O–H groups in total. The number of benzene rings is 2. The molecule has 0 unspecified atom stereocenters. The minimum atomic E-state index is -0.772. The van der Waals surface area contributed by atoms with Gasteiger partial charge in [0, 0.05) is 23.3 Å². The van der Waals surface area contributed by atoms with E-state index in [9.17, 15) is 18.9 Å². The van der Waals surface area contributed by atoms with Gasteiger partial charge in [0.1, 0.15) is 5.82 Å². The third kappa shape index (κ3) is 3.43. The standard InChI is InChI=1S/C15H13F2N3O2/c1-9-3-4-11(7-15(9)20(21)22)10(2)18-19-14-6-5-12(16)8-13(14)17/h3-8,19H,1-2H3/b18-10-. The van der Waals surface area contributed by atoms with Crippen LogP contribution >= 0.6 is 0 Å². The molecular formula is C15H13F2N3O2. The van der Waals surface area contributed by atoms with E-state index >= 15 is 0 Å². The van der Waals surface area contributed by atoms with Crippen LogP contribution in [-0.4, -0.2) is 10.6 Å². The Bertz CT molecular complexity index is 760. The molecule has 0 bridgehead atoms. The molecule has 0 atom stereocenters. The maximum atomic E-state index is 13.5. The number of hydrogen-bond donors (Lipinski definition) is 1. The largest absolute Gasteiger partial charge is 0.275 e. The van der Waals surface area contributed by atoms with E-state index in [1.54, 1.807) is 26.0 Å². The van der Waals surface area contributed by atoms with Crippen molar-refractivity contribution in [1.82, 2.24) is 0 Å². The molecule has 0 aliphatic carbocycles. The summed E-state index contributed by atoms with van der Waals surface area (Å²) in [5.74, 6) is -1.45. The third-order valence-corrected chi connectivity index (χ3v) is 3.10. The van der Waals surface area contributed by atoms with E-state index in [2.05, 4.69) is 10.5 Å². The molecule has 0 heterocycles. The zero-order chi connectivity index (χ0) is 16.3. The van der Waals surface area contributed by atoms with Crippen LogP contribution in [0.3, 0.4) is 0 Å².